The van der Waals surface area contributed by atoms with Gasteiger partial charge in [-0.2, -0.15) is 5.10 Å². The Morgan fingerprint density at radius 2 is 1.96 bits per heavy atom. The molecule has 0 spiro atoms. The van der Waals surface area contributed by atoms with Crippen molar-refractivity contribution < 1.29 is 5.11 Å². The van der Waals surface area contributed by atoms with Crippen LogP contribution in [0.5, 0.6) is 0 Å². The van der Waals surface area contributed by atoms with E-state index in [1.54, 1.807) is 0 Å². The van der Waals surface area contributed by atoms with E-state index in [0.29, 0.717) is 12.6 Å². The minimum absolute atomic E-state index is 0.402. The molecule has 2 aliphatic rings. The van der Waals surface area contributed by atoms with Crippen molar-refractivity contribution in [3.63, 3.8) is 0 Å². The molecular formula is C19H26N4O. The molecule has 1 saturated heterocycles. The first kappa shape index (κ1) is 15.8. The molecule has 1 unspecified atom stereocenters. The second-order valence-corrected chi connectivity index (χ2v) is 7.12. The molecule has 0 radical (unpaired) electrons. The van der Waals surface area contributed by atoms with Crippen LogP contribution in [0, 0.1) is 6.92 Å². The van der Waals surface area contributed by atoms with E-state index in [1.807, 2.05) is 18.3 Å². The van der Waals surface area contributed by atoms with Gasteiger partial charge in [-0.3, -0.25) is 4.68 Å². The van der Waals surface area contributed by atoms with E-state index in [9.17, 15) is 5.11 Å². The highest BCUT2D eigenvalue weighted by molar-refractivity contribution is 5.23. The summed E-state index contributed by atoms with van der Waals surface area (Å²) in [5.74, 6) is 0. The molecule has 0 bridgehead atoms. The van der Waals surface area contributed by atoms with E-state index in [1.165, 1.54) is 16.8 Å². The molecule has 0 aliphatic carbocycles. The Hall–Kier alpha value is -1.69. The number of hydrogen-bond donors (Lipinski definition) is 2. The highest BCUT2D eigenvalue weighted by Gasteiger charge is 2.26. The van der Waals surface area contributed by atoms with Crippen molar-refractivity contribution >= 4 is 0 Å². The fourth-order valence-electron chi connectivity index (χ4n) is 3.88. The van der Waals surface area contributed by atoms with E-state index >= 15 is 0 Å². The van der Waals surface area contributed by atoms with Gasteiger partial charge in [-0.15, -0.1) is 0 Å². The number of likely N-dealkylation sites (tertiary alicyclic amines) is 1. The number of aliphatic hydroxyl groups is 1. The predicted octanol–water partition coefficient (Wildman–Crippen LogP) is 2.17. The fraction of sp³-hybridized carbons (Fsp3) is 0.526. The Bertz CT molecular complexity index is 686. The molecule has 1 aromatic heterocycles. The number of hydrogen-bond acceptors (Lipinski definition) is 4. The van der Waals surface area contributed by atoms with Crippen LogP contribution in [0.25, 0.3) is 0 Å². The maximum atomic E-state index is 10.5. The summed E-state index contributed by atoms with van der Waals surface area (Å²) in [6.45, 7) is 6.74. The highest BCUT2D eigenvalue weighted by atomic mass is 16.3. The Labute approximate surface area is 143 Å². The van der Waals surface area contributed by atoms with Gasteiger partial charge in [0.15, 0.2) is 0 Å². The Kier molecular flexibility index (Phi) is 4.39. The number of aliphatic hydroxyl groups excluding tert-OH is 1. The zero-order valence-electron chi connectivity index (χ0n) is 14.3. The summed E-state index contributed by atoms with van der Waals surface area (Å²) in [5, 5.41) is 18.5. The van der Waals surface area contributed by atoms with Gasteiger partial charge in [0.2, 0.25) is 0 Å². The summed E-state index contributed by atoms with van der Waals surface area (Å²) in [4.78, 5) is 2.38. The number of piperidine rings is 1. The Morgan fingerprint density at radius 3 is 2.71 bits per heavy atom. The standard InChI is InChI=1S/C19H26N4O/c1-14-2-4-15(5-3-14)19(24)13-22-8-6-17(7-9-22)23-18-12-20-10-16(18)11-21-23/h2-5,11,17,19-20,24H,6-10,12-13H2,1H3. The lowest BCUT2D eigenvalue weighted by Gasteiger charge is -2.33. The lowest BCUT2D eigenvalue weighted by Crippen LogP contribution is -2.37. The maximum absolute atomic E-state index is 10.5. The van der Waals surface area contributed by atoms with Gasteiger partial charge in [-0.05, 0) is 25.3 Å². The molecule has 5 heteroatoms. The van der Waals surface area contributed by atoms with E-state index < -0.39 is 6.10 Å². The first-order valence-electron chi connectivity index (χ1n) is 8.93. The first-order chi connectivity index (χ1) is 11.7. The second-order valence-electron chi connectivity index (χ2n) is 7.12. The van der Waals surface area contributed by atoms with Crippen molar-refractivity contribution in [3.05, 3.63) is 52.8 Å². The zero-order chi connectivity index (χ0) is 16.5. The first-order valence-corrected chi connectivity index (χ1v) is 8.93. The normalized spacial score (nSPS) is 20.2. The summed E-state index contributed by atoms with van der Waals surface area (Å²) in [6, 6.07) is 8.70. The zero-order valence-corrected chi connectivity index (χ0v) is 14.3. The third kappa shape index (κ3) is 3.11. The number of nitrogens with one attached hydrogen (secondary N) is 1. The smallest absolute Gasteiger partial charge is 0.0916 e. The number of β-amino-alcohol motifs (C(OH)–C–C–N with tert-alkyl or cyclic N) is 1. The topological polar surface area (TPSA) is 53.3 Å². The van der Waals surface area contributed by atoms with Crippen LogP contribution in [0.2, 0.25) is 0 Å². The third-order valence-electron chi connectivity index (χ3n) is 5.39. The fourth-order valence-corrected chi connectivity index (χ4v) is 3.88. The average molecular weight is 326 g/mol. The van der Waals surface area contributed by atoms with Crippen LogP contribution in [0.4, 0.5) is 0 Å². The Morgan fingerprint density at radius 1 is 1.21 bits per heavy atom. The number of rotatable bonds is 4. The van der Waals surface area contributed by atoms with Crippen molar-refractivity contribution in [3.8, 4) is 0 Å². The quantitative estimate of drug-likeness (QED) is 0.904. The largest absolute Gasteiger partial charge is 0.387 e. The number of fused-ring (bicyclic) bond motifs is 1. The van der Waals surface area contributed by atoms with Gasteiger partial charge >= 0.3 is 0 Å². The SMILES string of the molecule is Cc1ccc(C(O)CN2CCC(n3ncc4c3CNC4)CC2)cc1. The number of nitrogens with zero attached hydrogens (tertiary/aromatic N) is 3. The van der Waals surface area contributed by atoms with E-state index in [2.05, 4.69) is 39.1 Å². The van der Waals surface area contributed by atoms with Crippen molar-refractivity contribution in [2.75, 3.05) is 19.6 Å². The highest BCUT2D eigenvalue weighted by Crippen LogP contribution is 2.27. The van der Waals surface area contributed by atoms with Crippen molar-refractivity contribution in [2.45, 2.75) is 45.0 Å². The van der Waals surface area contributed by atoms with Gasteiger partial charge in [0.05, 0.1) is 24.0 Å². The molecule has 5 nitrogen and oxygen atoms in total. The number of benzene rings is 1. The van der Waals surface area contributed by atoms with Crippen LogP contribution in [-0.4, -0.2) is 39.4 Å². The predicted molar refractivity (Wildman–Crippen MR) is 93.6 cm³/mol. The van der Waals surface area contributed by atoms with Gasteiger partial charge in [-0.25, -0.2) is 0 Å². The Balaban J connectivity index is 1.33. The molecule has 2 N–H and O–H groups in total. The number of aryl methyl sites for hydroxylation is 1. The summed E-state index contributed by atoms with van der Waals surface area (Å²) < 4.78 is 2.24. The lowest BCUT2D eigenvalue weighted by atomic mass is 10.0. The molecule has 4 rings (SSSR count). The van der Waals surface area contributed by atoms with E-state index in [4.69, 9.17) is 0 Å². The number of aromatic nitrogens is 2. The molecule has 1 aromatic carbocycles. The van der Waals surface area contributed by atoms with Crippen molar-refractivity contribution in [1.82, 2.24) is 20.0 Å². The molecule has 0 saturated carbocycles. The summed E-state index contributed by atoms with van der Waals surface area (Å²) in [5.41, 5.74) is 4.96. The summed E-state index contributed by atoms with van der Waals surface area (Å²) >= 11 is 0. The minimum Gasteiger partial charge on any atom is -0.387 e. The van der Waals surface area contributed by atoms with Gasteiger partial charge in [0, 0.05) is 38.3 Å². The third-order valence-corrected chi connectivity index (χ3v) is 5.39. The van der Waals surface area contributed by atoms with Crippen molar-refractivity contribution in [1.29, 1.82) is 0 Å². The molecule has 1 atom stereocenters. The van der Waals surface area contributed by atoms with Gasteiger partial charge < -0.3 is 15.3 Å². The molecule has 24 heavy (non-hydrogen) atoms. The molecular weight excluding hydrogens is 300 g/mol. The van der Waals surface area contributed by atoms with Crippen LogP contribution < -0.4 is 5.32 Å². The van der Waals surface area contributed by atoms with E-state index in [-0.39, 0.29) is 0 Å². The molecule has 0 amide bonds. The van der Waals surface area contributed by atoms with Gasteiger partial charge in [-0.1, -0.05) is 29.8 Å². The van der Waals surface area contributed by atoms with Gasteiger partial charge in [0.25, 0.3) is 0 Å². The maximum Gasteiger partial charge on any atom is 0.0916 e. The van der Waals surface area contributed by atoms with Crippen LogP contribution in [-0.2, 0) is 13.1 Å². The van der Waals surface area contributed by atoms with Crippen LogP contribution in [0.15, 0.2) is 30.5 Å². The van der Waals surface area contributed by atoms with E-state index in [0.717, 1.165) is 44.6 Å². The monoisotopic (exact) mass is 326 g/mol. The molecule has 1 fully saturated rings. The summed E-state index contributed by atoms with van der Waals surface area (Å²) in [7, 11) is 0. The molecule has 2 aliphatic heterocycles. The van der Waals surface area contributed by atoms with Crippen LogP contribution in [0.1, 0.15) is 47.4 Å². The molecule has 3 heterocycles. The molecule has 2 aromatic rings. The lowest BCUT2D eigenvalue weighted by molar-refractivity contribution is 0.0885. The van der Waals surface area contributed by atoms with Gasteiger partial charge in [0.1, 0.15) is 0 Å². The summed E-state index contributed by atoms with van der Waals surface area (Å²) in [6.07, 6.45) is 3.83. The van der Waals surface area contributed by atoms with Crippen LogP contribution >= 0.6 is 0 Å². The minimum atomic E-state index is -0.402. The van der Waals surface area contributed by atoms with Crippen LogP contribution in [0.3, 0.4) is 0 Å². The molecule has 128 valence electrons. The second kappa shape index (κ2) is 6.67. The average Bonchev–Trinajstić information content (AvgIpc) is 3.20. The van der Waals surface area contributed by atoms with Crippen molar-refractivity contribution in [2.24, 2.45) is 0 Å².